The molecule has 3 rings (SSSR count). The van der Waals surface area contributed by atoms with E-state index in [1.807, 2.05) is 0 Å². The number of sulfone groups is 1. The van der Waals surface area contributed by atoms with Gasteiger partial charge < -0.3 is 14.6 Å². The van der Waals surface area contributed by atoms with Gasteiger partial charge in [-0.05, 0) is 44.2 Å². The fourth-order valence-corrected chi connectivity index (χ4v) is 3.91. The van der Waals surface area contributed by atoms with Crippen molar-refractivity contribution >= 4 is 51.1 Å². The lowest BCUT2D eigenvalue weighted by Gasteiger charge is -2.22. The van der Waals surface area contributed by atoms with Gasteiger partial charge in [0, 0.05) is 6.26 Å². The summed E-state index contributed by atoms with van der Waals surface area (Å²) in [6.45, 7) is 2.21. The maximum atomic E-state index is 13.0. The zero-order chi connectivity index (χ0) is 24.6. The van der Waals surface area contributed by atoms with Crippen LogP contribution < -0.4 is 14.4 Å². The minimum absolute atomic E-state index is 0.0448. The Kier molecular flexibility index (Phi) is 6.84. The van der Waals surface area contributed by atoms with Gasteiger partial charge >= 0.3 is 12.2 Å². The number of carbonyl (C=O) groups is 1. The van der Waals surface area contributed by atoms with Crippen LogP contribution in [0.4, 0.5) is 29.3 Å². The molecule has 0 aliphatic rings. The van der Waals surface area contributed by atoms with Crippen LogP contribution in [0.2, 0.25) is 0 Å². The number of benzene rings is 2. The summed E-state index contributed by atoms with van der Waals surface area (Å²) in [6.07, 6.45) is -2.73. The van der Waals surface area contributed by atoms with Gasteiger partial charge in [0.25, 0.3) is 0 Å². The second kappa shape index (κ2) is 9.14. The van der Waals surface area contributed by atoms with Crippen LogP contribution in [0.25, 0.3) is 11.0 Å². The lowest BCUT2D eigenvalue weighted by molar-refractivity contribution is -0.139. The monoisotopic (exact) mass is 502 g/mol. The Morgan fingerprint density at radius 2 is 1.97 bits per heavy atom. The van der Waals surface area contributed by atoms with Crippen molar-refractivity contribution < 1.29 is 31.1 Å². The number of carbonyl (C=O) groups excluding carboxylic acids is 1. The third-order valence-corrected chi connectivity index (χ3v) is 5.88. The van der Waals surface area contributed by atoms with Crippen molar-refractivity contribution in [2.24, 2.45) is 0 Å². The number of ether oxygens (including phenoxy) is 1. The number of aromatic nitrogens is 2. The molecule has 1 aromatic heterocycles. The van der Waals surface area contributed by atoms with E-state index < -0.39 is 28.6 Å². The lowest BCUT2D eigenvalue weighted by atomic mass is 10.2. The molecule has 33 heavy (non-hydrogen) atoms. The molecule has 0 fully saturated rings. The molecule has 13 heteroatoms. The van der Waals surface area contributed by atoms with E-state index in [2.05, 4.69) is 23.1 Å². The lowest BCUT2D eigenvalue weighted by Crippen LogP contribution is -2.28. The number of fused-ring (bicyclic) bond motifs is 1. The zero-order valence-corrected chi connectivity index (χ0v) is 19.5. The Bertz CT molecular complexity index is 1290. The molecule has 0 aliphatic heterocycles. The summed E-state index contributed by atoms with van der Waals surface area (Å²) in [5, 5.41) is 2.51. The number of nitrogens with one attached hydrogen (secondary N) is 1. The van der Waals surface area contributed by atoms with Gasteiger partial charge in [0.05, 0.1) is 34.0 Å². The van der Waals surface area contributed by atoms with Crippen LogP contribution in [0.1, 0.15) is 13.8 Å². The van der Waals surface area contributed by atoms with Crippen LogP contribution in [-0.2, 0) is 16.4 Å². The van der Waals surface area contributed by atoms with E-state index in [0.29, 0.717) is 0 Å². The summed E-state index contributed by atoms with van der Waals surface area (Å²) >= 11 is 4.20. The van der Waals surface area contributed by atoms with Crippen LogP contribution in [0.5, 0.6) is 5.75 Å². The largest absolute Gasteiger partial charge is 0.489 e. The summed E-state index contributed by atoms with van der Waals surface area (Å²) in [7, 11) is -3.60. The SMILES string of the molecule is CC(C)Oc1ccc(S(C)(=O)=O)cc1N(S)C(=O)Nc1cccc2ncn(CC(F)(F)F)c12. The molecule has 1 heterocycles. The smallest absolute Gasteiger partial charge is 0.406 e. The summed E-state index contributed by atoms with van der Waals surface area (Å²) in [5.41, 5.74) is 0.450. The normalized spacial score (nSPS) is 12.2. The molecule has 1 N–H and O–H groups in total. The molecule has 2 aromatic carbocycles. The molecule has 0 saturated carbocycles. The number of para-hydroxylation sites is 1. The molecule has 2 amide bonds. The van der Waals surface area contributed by atoms with Gasteiger partial charge in [-0.25, -0.2) is 22.5 Å². The van der Waals surface area contributed by atoms with Crippen LogP contribution in [0.3, 0.4) is 0 Å². The van der Waals surface area contributed by atoms with Crippen LogP contribution in [0.15, 0.2) is 47.6 Å². The Labute approximate surface area is 193 Å². The fraction of sp³-hybridized carbons (Fsp3) is 0.300. The van der Waals surface area contributed by atoms with Crippen LogP contribution in [-0.4, -0.2) is 42.5 Å². The molecule has 3 aromatic rings. The van der Waals surface area contributed by atoms with Crippen molar-refractivity contribution in [1.82, 2.24) is 9.55 Å². The molecule has 0 aliphatic carbocycles. The Balaban J connectivity index is 1.99. The summed E-state index contributed by atoms with van der Waals surface area (Å²) in [4.78, 5) is 16.8. The van der Waals surface area contributed by atoms with E-state index in [1.165, 1.54) is 36.4 Å². The molecule has 0 bridgehead atoms. The van der Waals surface area contributed by atoms with E-state index in [-0.39, 0.29) is 39.2 Å². The third kappa shape index (κ3) is 5.90. The van der Waals surface area contributed by atoms with E-state index in [1.54, 1.807) is 13.8 Å². The minimum Gasteiger partial charge on any atom is -0.489 e. The van der Waals surface area contributed by atoms with Gasteiger partial charge in [-0.1, -0.05) is 18.9 Å². The molecule has 0 atom stereocenters. The zero-order valence-electron chi connectivity index (χ0n) is 17.8. The summed E-state index contributed by atoms with van der Waals surface area (Å²) < 4.78 is 70.2. The number of halogens is 3. The van der Waals surface area contributed by atoms with Crippen molar-refractivity contribution in [3.05, 3.63) is 42.7 Å². The molecule has 0 spiro atoms. The molecule has 178 valence electrons. The fourth-order valence-electron chi connectivity index (χ4n) is 3.07. The second-order valence-electron chi connectivity index (χ2n) is 7.47. The van der Waals surface area contributed by atoms with Gasteiger partial charge in [-0.15, -0.1) is 0 Å². The Hall–Kier alpha value is -2.93. The van der Waals surface area contributed by atoms with Gasteiger partial charge in [0.2, 0.25) is 0 Å². The first-order chi connectivity index (χ1) is 15.3. The highest BCUT2D eigenvalue weighted by atomic mass is 32.2. The van der Waals surface area contributed by atoms with E-state index in [0.717, 1.165) is 21.5 Å². The second-order valence-corrected chi connectivity index (χ2v) is 9.89. The summed E-state index contributed by atoms with van der Waals surface area (Å²) in [6, 6.07) is 7.60. The molecule has 0 saturated heterocycles. The molecular weight excluding hydrogens is 481 g/mol. The molecular formula is C20H21F3N4O4S2. The Morgan fingerprint density at radius 3 is 2.58 bits per heavy atom. The van der Waals surface area contributed by atoms with E-state index in [4.69, 9.17) is 4.74 Å². The molecule has 0 radical (unpaired) electrons. The number of hydrogen-bond acceptors (Lipinski definition) is 6. The number of rotatable bonds is 6. The highest BCUT2D eigenvalue weighted by Gasteiger charge is 2.29. The maximum Gasteiger partial charge on any atom is 0.406 e. The van der Waals surface area contributed by atoms with Crippen molar-refractivity contribution in [2.45, 2.75) is 37.6 Å². The minimum atomic E-state index is -4.49. The first-order valence-electron chi connectivity index (χ1n) is 9.57. The van der Waals surface area contributed by atoms with Crippen molar-refractivity contribution in [3.8, 4) is 5.75 Å². The number of amides is 2. The highest BCUT2D eigenvalue weighted by Crippen LogP contribution is 2.34. The molecule has 8 nitrogen and oxygen atoms in total. The average Bonchev–Trinajstić information content (AvgIpc) is 3.08. The van der Waals surface area contributed by atoms with Gasteiger partial charge in [0.15, 0.2) is 9.84 Å². The number of anilines is 2. The number of alkyl halides is 3. The highest BCUT2D eigenvalue weighted by molar-refractivity contribution is 7.90. The predicted octanol–water partition coefficient (Wildman–Crippen LogP) is 4.67. The standard InChI is InChI=1S/C20H21F3N4O4S2/c1-12(2)31-17-8-7-13(33(3,29)30)9-16(17)27(32)19(28)25-15-6-4-5-14-18(15)26(11-24-14)10-20(21,22)23/h4-9,11-12,32H,10H2,1-3H3,(H,25,28). The molecule has 0 unspecified atom stereocenters. The van der Waals surface area contributed by atoms with Crippen molar-refractivity contribution in [2.75, 3.05) is 15.9 Å². The van der Waals surface area contributed by atoms with Crippen LogP contribution >= 0.6 is 12.8 Å². The number of hydrogen-bond donors (Lipinski definition) is 2. The topological polar surface area (TPSA) is 93.5 Å². The number of urea groups is 1. The summed E-state index contributed by atoms with van der Waals surface area (Å²) in [5.74, 6) is 0.197. The average molecular weight is 503 g/mol. The van der Waals surface area contributed by atoms with Gasteiger partial charge in [0.1, 0.15) is 18.0 Å². The number of nitrogens with zero attached hydrogens (tertiary/aromatic N) is 3. The van der Waals surface area contributed by atoms with Crippen molar-refractivity contribution in [1.29, 1.82) is 0 Å². The third-order valence-electron chi connectivity index (χ3n) is 4.37. The van der Waals surface area contributed by atoms with E-state index >= 15 is 0 Å². The van der Waals surface area contributed by atoms with Crippen LogP contribution in [0, 0.1) is 0 Å². The van der Waals surface area contributed by atoms with Crippen molar-refractivity contribution in [3.63, 3.8) is 0 Å². The quantitative estimate of drug-likeness (QED) is 0.478. The maximum absolute atomic E-state index is 13.0. The predicted molar refractivity (Wildman–Crippen MR) is 122 cm³/mol. The first kappa shape index (κ1) is 24.7. The number of thiol groups is 1. The van der Waals surface area contributed by atoms with E-state index in [9.17, 15) is 26.4 Å². The number of imidazole rings is 1. The first-order valence-corrected chi connectivity index (χ1v) is 11.9. The van der Waals surface area contributed by atoms with Gasteiger partial charge in [-0.3, -0.25) is 0 Å². The van der Waals surface area contributed by atoms with Gasteiger partial charge in [-0.2, -0.15) is 13.2 Å². The Morgan fingerprint density at radius 1 is 1.27 bits per heavy atom.